The lowest BCUT2D eigenvalue weighted by atomic mass is 9.97. The van der Waals surface area contributed by atoms with Gasteiger partial charge < -0.3 is 15.0 Å². The van der Waals surface area contributed by atoms with Gasteiger partial charge >= 0.3 is 5.97 Å². The molecule has 0 spiro atoms. The largest absolute Gasteiger partial charge is 0.479 e. The second-order valence-corrected chi connectivity index (χ2v) is 4.17. The summed E-state index contributed by atoms with van der Waals surface area (Å²) in [6.07, 6.45) is -0.0201. The normalized spacial score (nSPS) is 12.1. The van der Waals surface area contributed by atoms with Crippen molar-refractivity contribution in [2.24, 2.45) is 0 Å². The zero-order chi connectivity index (χ0) is 12.8. The molecule has 1 aromatic carbocycles. The van der Waals surface area contributed by atoms with Crippen LogP contribution in [-0.4, -0.2) is 22.5 Å². The van der Waals surface area contributed by atoms with Crippen LogP contribution in [0.2, 0.25) is 0 Å². The molecule has 0 aromatic heterocycles. The number of halogens is 1. The van der Waals surface area contributed by atoms with Gasteiger partial charge in [-0.15, -0.1) is 0 Å². The summed E-state index contributed by atoms with van der Waals surface area (Å²) in [6, 6.07) is 5.15. The van der Waals surface area contributed by atoms with Gasteiger partial charge in [-0.25, -0.2) is 4.79 Å². The number of rotatable bonds is 6. The maximum absolute atomic E-state index is 10.8. The van der Waals surface area contributed by atoms with Crippen LogP contribution in [0, 0.1) is 0 Å². The lowest BCUT2D eigenvalue weighted by Gasteiger charge is -2.12. The Morgan fingerprint density at radius 2 is 2.18 bits per heavy atom. The number of benzene rings is 1. The molecular formula is C12H13BrO4. The van der Waals surface area contributed by atoms with Gasteiger partial charge in [-0.05, 0) is 23.1 Å². The fourth-order valence-corrected chi connectivity index (χ4v) is 1.92. The molecule has 0 aliphatic carbocycles. The van der Waals surface area contributed by atoms with E-state index < -0.39 is 12.1 Å². The zero-order valence-corrected chi connectivity index (χ0v) is 10.7. The molecule has 0 saturated carbocycles. The lowest BCUT2D eigenvalue weighted by Crippen LogP contribution is -2.13. The van der Waals surface area contributed by atoms with E-state index in [1.54, 1.807) is 18.2 Å². The fourth-order valence-electron chi connectivity index (χ4n) is 1.57. The zero-order valence-electron chi connectivity index (χ0n) is 9.10. The molecule has 0 aliphatic heterocycles. The molecule has 0 radical (unpaired) electrons. The van der Waals surface area contributed by atoms with E-state index in [0.29, 0.717) is 29.3 Å². The van der Waals surface area contributed by atoms with Crippen molar-refractivity contribution >= 4 is 28.2 Å². The quantitative estimate of drug-likeness (QED) is 0.621. The van der Waals surface area contributed by atoms with Gasteiger partial charge in [0.25, 0.3) is 0 Å². The van der Waals surface area contributed by atoms with E-state index in [9.17, 15) is 14.7 Å². The number of aldehydes is 1. The first-order valence-corrected chi connectivity index (χ1v) is 6.24. The summed E-state index contributed by atoms with van der Waals surface area (Å²) in [4.78, 5) is 21.1. The van der Waals surface area contributed by atoms with Gasteiger partial charge in [-0.1, -0.05) is 34.1 Å². The number of aliphatic hydroxyl groups is 1. The van der Waals surface area contributed by atoms with Crippen LogP contribution in [0.4, 0.5) is 0 Å². The standard InChI is InChI=1S/C12H13BrO4/c13-7-8-3-4-10(11(15)12(16)17)9(6-8)2-1-5-14/h3-6,11,15H,1-2,7H2,(H,16,17). The van der Waals surface area contributed by atoms with Crippen molar-refractivity contribution in [3.05, 3.63) is 34.9 Å². The highest BCUT2D eigenvalue weighted by atomic mass is 79.9. The minimum atomic E-state index is -1.54. The van der Waals surface area contributed by atoms with Gasteiger partial charge in [-0.3, -0.25) is 0 Å². The van der Waals surface area contributed by atoms with E-state index in [4.69, 9.17) is 5.11 Å². The van der Waals surface area contributed by atoms with Crippen LogP contribution in [0.1, 0.15) is 29.2 Å². The van der Waals surface area contributed by atoms with E-state index in [1.165, 1.54) is 0 Å². The Balaban J connectivity index is 3.09. The number of aryl methyl sites for hydroxylation is 1. The molecule has 0 aliphatic rings. The molecular weight excluding hydrogens is 288 g/mol. The van der Waals surface area contributed by atoms with Crippen molar-refractivity contribution in [1.29, 1.82) is 0 Å². The van der Waals surface area contributed by atoms with Crippen LogP contribution in [0.5, 0.6) is 0 Å². The van der Waals surface area contributed by atoms with Crippen molar-refractivity contribution < 1.29 is 19.8 Å². The predicted molar refractivity (Wildman–Crippen MR) is 66.1 cm³/mol. The van der Waals surface area contributed by atoms with Crippen LogP contribution in [0.15, 0.2) is 18.2 Å². The van der Waals surface area contributed by atoms with Crippen LogP contribution >= 0.6 is 15.9 Å². The number of hydrogen-bond acceptors (Lipinski definition) is 3. The van der Waals surface area contributed by atoms with Crippen molar-refractivity contribution in [2.75, 3.05) is 0 Å². The van der Waals surface area contributed by atoms with Crippen molar-refractivity contribution in [1.82, 2.24) is 0 Å². The molecule has 0 saturated heterocycles. The summed E-state index contributed by atoms with van der Waals surface area (Å²) < 4.78 is 0. The number of carbonyl (C=O) groups is 2. The summed E-state index contributed by atoms with van der Waals surface area (Å²) in [5.74, 6) is -1.29. The number of aliphatic carboxylic acids is 1. The van der Waals surface area contributed by atoms with Crippen molar-refractivity contribution in [2.45, 2.75) is 24.3 Å². The minimum Gasteiger partial charge on any atom is -0.479 e. The SMILES string of the molecule is O=CCCc1cc(CBr)ccc1C(O)C(=O)O. The van der Waals surface area contributed by atoms with Gasteiger partial charge in [0.05, 0.1) is 0 Å². The first-order valence-electron chi connectivity index (χ1n) is 5.12. The molecule has 2 N–H and O–H groups in total. The van der Waals surface area contributed by atoms with Gasteiger partial charge in [0.2, 0.25) is 0 Å². The number of carboxylic acids is 1. The van der Waals surface area contributed by atoms with E-state index in [-0.39, 0.29) is 0 Å². The molecule has 1 atom stereocenters. The second-order valence-electron chi connectivity index (χ2n) is 3.61. The predicted octanol–water partition coefficient (Wildman–Crippen LogP) is 1.83. The van der Waals surface area contributed by atoms with E-state index in [1.807, 2.05) is 0 Å². The average Bonchev–Trinajstić information content (AvgIpc) is 2.34. The first-order chi connectivity index (χ1) is 8.10. The Morgan fingerprint density at radius 1 is 1.47 bits per heavy atom. The van der Waals surface area contributed by atoms with E-state index in [0.717, 1.165) is 11.8 Å². The molecule has 0 amide bonds. The maximum atomic E-state index is 10.8. The van der Waals surface area contributed by atoms with E-state index >= 15 is 0 Å². The second kappa shape index (κ2) is 6.51. The number of carboxylic acid groups (broad SMARTS) is 1. The topological polar surface area (TPSA) is 74.6 Å². The molecule has 0 bridgehead atoms. The van der Waals surface area contributed by atoms with Gasteiger partial charge in [0, 0.05) is 11.8 Å². The molecule has 0 heterocycles. The summed E-state index contributed by atoms with van der Waals surface area (Å²) in [6.45, 7) is 0. The highest BCUT2D eigenvalue weighted by molar-refractivity contribution is 9.08. The van der Waals surface area contributed by atoms with Crippen LogP contribution in [0.3, 0.4) is 0 Å². The number of carbonyl (C=O) groups excluding carboxylic acids is 1. The monoisotopic (exact) mass is 300 g/mol. The number of alkyl halides is 1. The molecule has 0 fully saturated rings. The molecule has 92 valence electrons. The highest BCUT2D eigenvalue weighted by Gasteiger charge is 2.19. The van der Waals surface area contributed by atoms with Crippen LogP contribution in [0.25, 0.3) is 0 Å². The summed E-state index contributed by atoms with van der Waals surface area (Å²) >= 11 is 3.30. The Kier molecular flexibility index (Phi) is 5.31. The molecule has 4 nitrogen and oxygen atoms in total. The highest BCUT2D eigenvalue weighted by Crippen LogP contribution is 2.22. The summed E-state index contributed by atoms with van der Waals surface area (Å²) in [5.41, 5.74) is 2.03. The Hall–Kier alpha value is -1.20. The Labute approximate surface area is 107 Å². The Bertz CT molecular complexity index is 417. The van der Waals surface area contributed by atoms with Crippen molar-refractivity contribution in [3.63, 3.8) is 0 Å². The molecule has 1 aromatic rings. The van der Waals surface area contributed by atoms with Crippen LogP contribution < -0.4 is 0 Å². The van der Waals surface area contributed by atoms with Gasteiger partial charge in [0.1, 0.15) is 6.29 Å². The van der Waals surface area contributed by atoms with Gasteiger partial charge in [-0.2, -0.15) is 0 Å². The number of aliphatic hydroxyl groups excluding tert-OH is 1. The third-order valence-electron chi connectivity index (χ3n) is 2.42. The lowest BCUT2D eigenvalue weighted by molar-refractivity contribution is -0.147. The Morgan fingerprint density at radius 3 is 2.71 bits per heavy atom. The van der Waals surface area contributed by atoms with Gasteiger partial charge in [0.15, 0.2) is 6.10 Å². The third kappa shape index (κ3) is 3.64. The summed E-state index contributed by atoms with van der Waals surface area (Å²) in [7, 11) is 0. The molecule has 17 heavy (non-hydrogen) atoms. The fraction of sp³-hybridized carbons (Fsp3) is 0.333. The minimum absolute atomic E-state index is 0.311. The third-order valence-corrected chi connectivity index (χ3v) is 3.07. The van der Waals surface area contributed by atoms with Crippen molar-refractivity contribution in [3.8, 4) is 0 Å². The van der Waals surface area contributed by atoms with Crippen LogP contribution in [-0.2, 0) is 21.3 Å². The smallest absolute Gasteiger partial charge is 0.337 e. The molecule has 5 heteroatoms. The van der Waals surface area contributed by atoms with E-state index in [2.05, 4.69) is 15.9 Å². The average molecular weight is 301 g/mol. The number of hydrogen-bond donors (Lipinski definition) is 2. The molecule has 1 rings (SSSR count). The summed E-state index contributed by atoms with van der Waals surface area (Å²) in [5, 5.41) is 19.0. The first kappa shape index (κ1) is 13.9. The maximum Gasteiger partial charge on any atom is 0.337 e. The molecule has 1 unspecified atom stereocenters.